The molecule has 31 heavy (non-hydrogen) atoms. The third-order valence-electron chi connectivity index (χ3n) is 5.39. The van der Waals surface area contributed by atoms with Crippen LogP contribution in [0.2, 0.25) is 0 Å². The summed E-state index contributed by atoms with van der Waals surface area (Å²) in [4.78, 5) is 25.7. The fraction of sp³-hybridized carbons (Fsp3) is 0.217. The average Bonchev–Trinajstić information content (AvgIpc) is 3.44. The molecule has 3 aromatic heterocycles. The van der Waals surface area contributed by atoms with Crippen LogP contribution in [0.5, 0.6) is 0 Å². The summed E-state index contributed by atoms with van der Waals surface area (Å²) >= 11 is 1.56. The second kappa shape index (κ2) is 8.41. The summed E-state index contributed by atoms with van der Waals surface area (Å²) in [5.41, 5.74) is 3.85. The highest BCUT2D eigenvalue weighted by molar-refractivity contribution is 7.15. The fourth-order valence-electron chi connectivity index (χ4n) is 3.71. The van der Waals surface area contributed by atoms with E-state index in [2.05, 4.69) is 27.1 Å². The van der Waals surface area contributed by atoms with Crippen molar-refractivity contribution in [2.75, 3.05) is 18.4 Å². The largest absolute Gasteiger partial charge is 0.298 e. The van der Waals surface area contributed by atoms with Crippen molar-refractivity contribution < 1.29 is 4.79 Å². The number of carbonyl (C=O) groups is 1. The van der Waals surface area contributed by atoms with E-state index in [9.17, 15) is 4.79 Å². The standard InChI is InChI=1S/C23H22N6OS/c1-2-28-12-10-19-20(15-28)31-23(25-19)26-22(30)18-14-29(17-8-4-3-5-9-17)27-21(18)16-7-6-11-24-13-16/h3-9,11,13-14H,2,10,12,15H2,1H3,(H,25,26,30). The Morgan fingerprint density at radius 1 is 1.19 bits per heavy atom. The zero-order chi connectivity index (χ0) is 21.2. The van der Waals surface area contributed by atoms with Crippen LogP contribution in [0.3, 0.4) is 0 Å². The molecule has 1 aromatic carbocycles. The van der Waals surface area contributed by atoms with Crippen LogP contribution in [0, 0.1) is 0 Å². The number of hydrogen-bond donors (Lipinski definition) is 1. The lowest BCUT2D eigenvalue weighted by Gasteiger charge is -2.23. The van der Waals surface area contributed by atoms with Crippen LogP contribution in [0.4, 0.5) is 5.13 Å². The number of anilines is 1. The quantitative estimate of drug-likeness (QED) is 0.518. The number of thiazole rings is 1. The Bertz CT molecular complexity index is 1200. The average molecular weight is 431 g/mol. The molecule has 8 heteroatoms. The molecule has 4 aromatic rings. The van der Waals surface area contributed by atoms with E-state index in [1.165, 1.54) is 4.88 Å². The summed E-state index contributed by atoms with van der Waals surface area (Å²) in [5, 5.41) is 8.33. The van der Waals surface area contributed by atoms with Gasteiger partial charge in [-0.25, -0.2) is 9.67 Å². The molecule has 0 saturated heterocycles. The first-order valence-corrected chi connectivity index (χ1v) is 11.1. The lowest BCUT2D eigenvalue weighted by atomic mass is 10.1. The van der Waals surface area contributed by atoms with Crippen LogP contribution in [-0.4, -0.2) is 43.6 Å². The van der Waals surface area contributed by atoms with Crippen LogP contribution >= 0.6 is 11.3 Å². The van der Waals surface area contributed by atoms with Crippen LogP contribution in [0.25, 0.3) is 16.9 Å². The van der Waals surface area contributed by atoms with Crippen molar-refractivity contribution in [1.29, 1.82) is 0 Å². The van der Waals surface area contributed by atoms with E-state index in [0.717, 1.165) is 43.0 Å². The number of carbonyl (C=O) groups excluding carboxylic acids is 1. The maximum atomic E-state index is 13.3. The van der Waals surface area contributed by atoms with Gasteiger partial charge in [0.05, 0.1) is 16.9 Å². The van der Waals surface area contributed by atoms with Gasteiger partial charge in [0.2, 0.25) is 0 Å². The second-order valence-corrected chi connectivity index (χ2v) is 8.46. The summed E-state index contributed by atoms with van der Waals surface area (Å²) in [6.07, 6.45) is 6.11. The Morgan fingerprint density at radius 3 is 2.84 bits per heavy atom. The van der Waals surface area contributed by atoms with Gasteiger partial charge < -0.3 is 0 Å². The normalized spacial score (nSPS) is 13.7. The lowest BCUT2D eigenvalue weighted by Crippen LogP contribution is -2.29. The summed E-state index contributed by atoms with van der Waals surface area (Å²) in [6.45, 7) is 5.09. The molecule has 0 radical (unpaired) electrons. The van der Waals surface area contributed by atoms with Gasteiger partial charge in [-0.05, 0) is 30.8 Å². The van der Waals surface area contributed by atoms with Crippen molar-refractivity contribution >= 4 is 22.4 Å². The number of likely N-dealkylation sites (N-methyl/N-ethyl adjacent to an activating group) is 1. The monoisotopic (exact) mass is 430 g/mol. The van der Waals surface area contributed by atoms with Gasteiger partial charge in [-0.15, -0.1) is 11.3 Å². The zero-order valence-electron chi connectivity index (χ0n) is 17.2. The molecular formula is C23H22N6OS. The van der Waals surface area contributed by atoms with E-state index in [1.807, 2.05) is 42.5 Å². The number of amides is 1. The Kier molecular flexibility index (Phi) is 5.31. The molecule has 1 aliphatic heterocycles. The van der Waals surface area contributed by atoms with Crippen molar-refractivity contribution in [3.8, 4) is 16.9 Å². The summed E-state index contributed by atoms with van der Waals surface area (Å²) in [6, 6.07) is 13.5. The molecule has 7 nitrogen and oxygen atoms in total. The molecule has 1 N–H and O–H groups in total. The van der Waals surface area contributed by atoms with Gasteiger partial charge in [-0.3, -0.25) is 20.0 Å². The van der Waals surface area contributed by atoms with E-state index in [0.29, 0.717) is 16.4 Å². The van der Waals surface area contributed by atoms with Crippen molar-refractivity contribution in [3.63, 3.8) is 0 Å². The minimum absolute atomic E-state index is 0.223. The lowest BCUT2D eigenvalue weighted by molar-refractivity contribution is 0.102. The van der Waals surface area contributed by atoms with Gasteiger partial charge in [0.1, 0.15) is 5.69 Å². The van der Waals surface area contributed by atoms with E-state index in [1.54, 1.807) is 34.6 Å². The van der Waals surface area contributed by atoms with Gasteiger partial charge in [-0.2, -0.15) is 5.10 Å². The van der Waals surface area contributed by atoms with Gasteiger partial charge in [0.15, 0.2) is 5.13 Å². The van der Waals surface area contributed by atoms with E-state index >= 15 is 0 Å². The number of rotatable bonds is 5. The topological polar surface area (TPSA) is 75.9 Å². The van der Waals surface area contributed by atoms with Crippen molar-refractivity contribution in [1.82, 2.24) is 24.6 Å². The molecule has 0 bridgehead atoms. The van der Waals surface area contributed by atoms with Crippen molar-refractivity contribution in [3.05, 3.63) is 77.2 Å². The second-order valence-electron chi connectivity index (χ2n) is 7.37. The Hall–Kier alpha value is -3.36. The third-order valence-corrected chi connectivity index (χ3v) is 6.39. The Balaban J connectivity index is 1.47. The maximum Gasteiger partial charge on any atom is 0.261 e. The zero-order valence-corrected chi connectivity index (χ0v) is 18.0. The molecule has 156 valence electrons. The predicted molar refractivity (Wildman–Crippen MR) is 122 cm³/mol. The van der Waals surface area contributed by atoms with Crippen molar-refractivity contribution in [2.45, 2.75) is 19.9 Å². The highest BCUT2D eigenvalue weighted by Gasteiger charge is 2.23. The molecule has 1 aliphatic rings. The van der Waals surface area contributed by atoms with Gasteiger partial charge in [-0.1, -0.05) is 25.1 Å². The number of pyridine rings is 1. The van der Waals surface area contributed by atoms with Crippen LogP contribution < -0.4 is 5.32 Å². The SMILES string of the molecule is CCN1CCc2nc(NC(=O)c3cn(-c4ccccc4)nc3-c3cccnc3)sc2C1. The highest BCUT2D eigenvalue weighted by atomic mass is 32.1. The van der Waals surface area contributed by atoms with Gasteiger partial charge in [0.25, 0.3) is 5.91 Å². The number of aromatic nitrogens is 4. The highest BCUT2D eigenvalue weighted by Crippen LogP contribution is 2.30. The summed E-state index contributed by atoms with van der Waals surface area (Å²) < 4.78 is 1.73. The maximum absolute atomic E-state index is 13.3. The molecule has 1 amide bonds. The summed E-state index contributed by atoms with van der Waals surface area (Å²) in [5.74, 6) is -0.223. The minimum Gasteiger partial charge on any atom is -0.298 e. The molecule has 0 spiro atoms. The Labute approximate surface area is 184 Å². The van der Waals surface area contributed by atoms with E-state index < -0.39 is 0 Å². The first-order chi connectivity index (χ1) is 15.2. The minimum atomic E-state index is -0.223. The van der Waals surface area contributed by atoms with Crippen LogP contribution in [-0.2, 0) is 13.0 Å². The van der Waals surface area contributed by atoms with Crippen molar-refractivity contribution in [2.24, 2.45) is 0 Å². The molecule has 0 atom stereocenters. The van der Waals surface area contributed by atoms with E-state index in [4.69, 9.17) is 5.10 Å². The molecule has 0 unspecified atom stereocenters. The Morgan fingerprint density at radius 2 is 2.06 bits per heavy atom. The number of fused-ring (bicyclic) bond motifs is 1. The summed E-state index contributed by atoms with van der Waals surface area (Å²) in [7, 11) is 0. The number of benzene rings is 1. The molecule has 0 saturated carbocycles. The molecule has 4 heterocycles. The van der Waals surface area contributed by atoms with E-state index in [-0.39, 0.29) is 5.91 Å². The third kappa shape index (κ3) is 3.99. The molecular weight excluding hydrogens is 408 g/mol. The smallest absolute Gasteiger partial charge is 0.261 e. The molecule has 0 aliphatic carbocycles. The van der Waals surface area contributed by atoms with Crippen LogP contribution in [0.1, 0.15) is 27.9 Å². The number of nitrogens with one attached hydrogen (secondary N) is 1. The first-order valence-electron chi connectivity index (χ1n) is 10.3. The number of nitrogens with zero attached hydrogens (tertiary/aromatic N) is 5. The van der Waals surface area contributed by atoms with Crippen LogP contribution in [0.15, 0.2) is 61.1 Å². The molecule has 0 fully saturated rings. The number of para-hydroxylation sites is 1. The van der Waals surface area contributed by atoms with Gasteiger partial charge in [0, 0.05) is 48.5 Å². The number of hydrogen-bond acceptors (Lipinski definition) is 6. The molecule has 5 rings (SSSR count). The fourth-order valence-corrected chi connectivity index (χ4v) is 4.75. The predicted octanol–water partition coefficient (Wildman–Crippen LogP) is 4.02. The van der Waals surface area contributed by atoms with Gasteiger partial charge >= 0.3 is 0 Å². The first kappa shape index (κ1) is 19.6.